The van der Waals surface area contributed by atoms with Gasteiger partial charge in [-0.05, 0) is 17.7 Å². The summed E-state index contributed by atoms with van der Waals surface area (Å²) in [6.45, 7) is 2.35. The molecule has 18 heavy (non-hydrogen) atoms. The number of aldehydes is 1. The van der Waals surface area contributed by atoms with E-state index in [1.165, 1.54) is 17.7 Å². The molecule has 0 aromatic heterocycles. The number of carbonyl (C=O) groups excluding carboxylic acids is 1. The van der Waals surface area contributed by atoms with Crippen molar-refractivity contribution >= 4 is 22.0 Å². The normalized spacial score (nSPS) is 18.6. The summed E-state index contributed by atoms with van der Waals surface area (Å²) in [5, 5.41) is 0. The molecule has 6 heteroatoms. The Balaban J connectivity index is 2.64. The first-order valence-corrected chi connectivity index (χ1v) is 7.38. The summed E-state index contributed by atoms with van der Waals surface area (Å²) in [7, 11) is -1.83. The van der Waals surface area contributed by atoms with Gasteiger partial charge in [0.05, 0.1) is 24.6 Å². The van der Waals surface area contributed by atoms with E-state index in [4.69, 9.17) is 4.74 Å². The largest absolute Gasteiger partial charge is 0.496 e. The summed E-state index contributed by atoms with van der Waals surface area (Å²) in [5.74, 6) is 0.565. The van der Waals surface area contributed by atoms with Crippen LogP contribution in [0.25, 0.3) is 0 Å². The van der Waals surface area contributed by atoms with Crippen molar-refractivity contribution in [1.29, 1.82) is 0 Å². The number of hydrogen-bond donors (Lipinski definition) is 0. The van der Waals surface area contributed by atoms with Crippen LogP contribution in [-0.2, 0) is 10.0 Å². The highest BCUT2D eigenvalue weighted by Crippen LogP contribution is 2.40. The van der Waals surface area contributed by atoms with Crippen LogP contribution in [0, 0.1) is 0 Å². The number of fused-ring (bicyclic) bond motifs is 1. The van der Waals surface area contributed by atoms with E-state index in [0.717, 1.165) is 5.56 Å². The van der Waals surface area contributed by atoms with Crippen molar-refractivity contribution in [1.82, 2.24) is 0 Å². The number of ether oxygens (including phenoxy) is 1. The Morgan fingerprint density at radius 1 is 1.44 bits per heavy atom. The van der Waals surface area contributed by atoms with Gasteiger partial charge in [-0.1, -0.05) is 6.92 Å². The fourth-order valence-electron chi connectivity index (χ4n) is 2.24. The highest BCUT2D eigenvalue weighted by molar-refractivity contribution is 7.92. The lowest BCUT2D eigenvalue weighted by molar-refractivity contribution is 0.112. The molecule has 0 saturated carbocycles. The van der Waals surface area contributed by atoms with Crippen LogP contribution in [0.4, 0.5) is 5.69 Å². The molecule has 2 rings (SSSR count). The summed E-state index contributed by atoms with van der Waals surface area (Å²) < 4.78 is 29.9. The third-order valence-electron chi connectivity index (χ3n) is 3.15. The van der Waals surface area contributed by atoms with E-state index in [-0.39, 0.29) is 5.92 Å². The van der Waals surface area contributed by atoms with Crippen LogP contribution < -0.4 is 9.04 Å². The van der Waals surface area contributed by atoms with Gasteiger partial charge in [0.15, 0.2) is 6.29 Å². The van der Waals surface area contributed by atoms with Gasteiger partial charge in [0, 0.05) is 12.5 Å². The quantitative estimate of drug-likeness (QED) is 0.778. The molecular weight excluding hydrogens is 254 g/mol. The lowest BCUT2D eigenvalue weighted by Gasteiger charge is -2.17. The molecule has 1 aromatic rings. The van der Waals surface area contributed by atoms with Gasteiger partial charge in [-0.3, -0.25) is 9.10 Å². The maximum atomic E-state index is 11.7. The Morgan fingerprint density at radius 3 is 2.61 bits per heavy atom. The molecule has 0 saturated heterocycles. The van der Waals surface area contributed by atoms with Crippen LogP contribution >= 0.6 is 0 Å². The van der Waals surface area contributed by atoms with E-state index in [9.17, 15) is 13.2 Å². The number of hydrogen-bond acceptors (Lipinski definition) is 4. The number of nitrogens with zero attached hydrogens (tertiary/aromatic N) is 1. The van der Waals surface area contributed by atoms with Gasteiger partial charge in [0.2, 0.25) is 10.0 Å². The molecule has 98 valence electrons. The van der Waals surface area contributed by atoms with Gasteiger partial charge >= 0.3 is 0 Å². The molecule has 0 amide bonds. The van der Waals surface area contributed by atoms with Crippen LogP contribution in [0.2, 0.25) is 0 Å². The highest BCUT2D eigenvalue weighted by atomic mass is 32.2. The predicted octanol–water partition coefficient (Wildman–Crippen LogP) is 1.39. The van der Waals surface area contributed by atoms with Gasteiger partial charge in [-0.25, -0.2) is 8.42 Å². The average molecular weight is 269 g/mol. The van der Waals surface area contributed by atoms with Crippen LogP contribution in [0.5, 0.6) is 5.75 Å². The third-order valence-corrected chi connectivity index (χ3v) is 4.29. The molecule has 1 aliphatic heterocycles. The molecule has 0 radical (unpaired) electrons. The van der Waals surface area contributed by atoms with Gasteiger partial charge in [0.25, 0.3) is 0 Å². The first kappa shape index (κ1) is 12.9. The van der Waals surface area contributed by atoms with E-state index in [0.29, 0.717) is 29.8 Å². The molecule has 1 aliphatic rings. The molecule has 5 nitrogen and oxygen atoms in total. The Hall–Kier alpha value is -1.56. The lowest BCUT2D eigenvalue weighted by atomic mass is 10.0. The highest BCUT2D eigenvalue weighted by Gasteiger charge is 2.32. The molecule has 1 aromatic carbocycles. The maximum Gasteiger partial charge on any atom is 0.232 e. The Labute approximate surface area is 106 Å². The van der Waals surface area contributed by atoms with Crippen molar-refractivity contribution in [2.45, 2.75) is 12.8 Å². The van der Waals surface area contributed by atoms with Crippen LogP contribution in [0.15, 0.2) is 12.1 Å². The smallest absolute Gasteiger partial charge is 0.232 e. The molecule has 0 N–H and O–H groups in total. The molecule has 0 bridgehead atoms. The number of anilines is 1. The zero-order valence-corrected chi connectivity index (χ0v) is 11.3. The van der Waals surface area contributed by atoms with Gasteiger partial charge in [-0.2, -0.15) is 0 Å². The first-order chi connectivity index (χ1) is 8.38. The van der Waals surface area contributed by atoms with E-state index in [2.05, 4.69) is 0 Å². The second-order valence-electron chi connectivity index (χ2n) is 4.47. The standard InChI is InChI=1S/C12H15NO4S/c1-8-6-13(18(3,15)16)11-4-9(7-14)12(17-2)5-10(8)11/h4-5,7-8H,6H2,1-3H3. The van der Waals surface area contributed by atoms with Gasteiger partial charge in [0.1, 0.15) is 5.75 Å². The SMILES string of the molecule is COc1cc2c(cc1C=O)N(S(C)(=O)=O)CC2C. The third kappa shape index (κ3) is 1.96. The minimum atomic E-state index is -3.32. The van der Waals surface area contributed by atoms with Crippen LogP contribution in [-0.4, -0.2) is 34.6 Å². The van der Waals surface area contributed by atoms with Crippen molar-refractivity contribution in [3.8, 4) is 5.75 Å². The van der Waals surface area contributed by atoms with Crippen LogP contribution in [0.3, 0.4) is 0 Å². The van der Waals surface area contributed by atoms with E-state index in [1.807, 2.05) is 6.92 Å². The topological polar surface area (TPSA) is 63.7 Å². The van der Waals surface area contributed by atoms with Crippen molar-refractivity contribution in [2.24, 2.45) is 0 Å². The number of sulfonamides is 1. The summed E-state index contributed by atoms with van der Waals surface area (Å²) in [6, 6.07) is 3.32. The average Bonchev–Trinajstić information content (AvgIpc) is 2.64. The summed E-state index contributed by atoms with van der Waals surface area (Å²) in [4.78, 5) is 11.0. The minimum absolute atomic E-state index is 0.0873. The van der Waals surface area contributed by atoms with Gasteiger partial charge < -0.3 is 4.74 Å². The molecule has 0 fully saturated rings. The van der Waals surface area contributed by atoms with Crippen molar-refractivity contribution in [3.05, 3.63) is 23.3 Å². The van der Waals surface area contributed by atoms with E-state index < -0.39 is 10.0 Å². The maximum absolute atomic E-state index is 11.7. The van der Waals surface area contributed by atoms with Crippen molar-refractivity contribution in [2.75, 3.05) is 24.2 Å². The fraction of sp³-hybridized carbons (Fsp3) is 0.417. The fourth-order valence-corrected chi connectivity index (χ4v) is 3.25. The number of carbonyl (C=O) groups is 1. The van der Waals surface area contributed by atoms with Gasteiger partial charge in [-0.15, -0.1) is 0 Å². The molecule has 1 unspecified atom stereocenters. The second kappa shape index (κ2) is 4.28. The lowest BCUT2D eigenvalue weighted by Crippen LogP contribution is -2.28. The first-order valence-electron chi connectivity index (χ1n) is 5.53. The second-order valence-corrected chi connectivity index (χ2v) is 6.37. The molecule has 1 heterocycles. The number of rotatable bonds is 3. The van der Waals surface area contributed by atoms with Crippen LogP contribution in [0.1, 0.15) is 28.8 Å². The molecule has 1 atom stereocenters. The Kier molecular flexibility index (Phi) is 3.06. The van der Waals surface area contributed by atoms with E-state index >= 15 is 0 Å². The summed E-state index contributed by atoms with van der Waals surface area (Å²) in [6.07, 6.45) is 1.84. The monoisotopic (exact) mass is 269 g/mol. The Morgan fingerprint density at radius 2 is 2.11 bits per heavy atom. The predicted molar refractivity (Wildman–Crippen MR) is 69.0 cm³/mol. The zero-order chi connectivity index (χ0) is 13.5. The molecule has 0 aliphatic carbocycles. The van der Waals surface area contributed by atoms with E-state index in [1.54, 1.807) is 12.1 Å². The number of methoxy groups -OCH3 is 1. The number of benzene rings is 1. The molecular formula is C12H15NO4S. The van der Waals surface area contributed by atoms with Crippen molar-refractivity contribution < 1.29 is 17.9 Å². The summed E-state index contributed by atoms with van der Waals surface area (Å²) in [5.41, 5.74) is 1.83. The Bertz CT molecular complexity index is 594. The summed E-state index contributed by atoms with van der Waals surface area (Å²) >= 11 is 0. The molecule has 0 spiro atoms. The van der Waals surface area contributed by atoms with Crippen molar-refractivity contribution in [3.63, 3.8) is 0 Å². The minimum Gasteiger partial charge on any atom is -0.496 e. The zero-order valence-electron chi connectivity index (χ0n) is 10.5.